The second-order valence-electron chi connectivity index (χ2n) is 10.5. The van der Waals surface area contributed by atoms with Crippen LogP contribution in [0.1, 0.15) is 30.2 Å². The van der Waals surface area contributed by atoms with E-state index in [1.54, 1.807) is 12.1 Å². The number of fused-ring (bicyclic) bond motifs is 1. The third-order valence-electron chi connectivity index (χ3n) is 7.58. The first kappa shape index (κ1) is 26.5. The van der Waals surface area contributed by atoms with Crippen LogP contribution in [0.4, 0.5) is 20.6 Å². The van der Waals surface area contributed by atoms with Crippen LogP contribution in [-0.2, 0) is 28.9 Å². The lowest BCUT2D eigenvalue weighted by molar-refractivity contribution is -0.119. The van der Waals surface area contributed by atoms with Gasteiger partial charge in [-0.25, -0.2) is 13.9 Å². The van der Waals surface area contributed by atoms with Crippen molar-refractivity contribution in [2.45, 2.75) is 44.9 Å². The highest BCUT2D eigenvalue weighted by atomic mass is 19.1. The topological polar surface area (TPSA) is 101 Å². The number of amides is 2. The van der Waals surface area contributed by atoms with E-state index in [0.29, 0.717) is 17.8 Å². The zero-order chi connectivity index (χ0) is 28.3. The Morgan fingerprint density at radius 1 is 1.15 bits per heavy atom. The van der Waals surface area contributed by atoms with Gasteiger partial charge in [-0.05, 0) is 59.9 Å². The quantitative estimate of drug-likeness (QED) is 0.331. The number of nitrogens with one attached hydrogen (secondary N) is 2. The van der Waals surface area contributed by atoms with Crippen molar-refractivity contribution in [2.75, 3.05) is 23.3 Å². The van der Waals surface area contributed by atoms with Crippen LogP contribution >= 0.6 is 0 Å². The molecule has 1 unspecified atom stereocenters. The minimum absolute atomic E-state index is 0.200. The highest BCUT2D eigenvalue weighted by Crippen LogP contribution is 2.34. The van der Waals surface area contributed by atoms with Gasteiger partial charge in [0.25, 0.3) is 0 Å². The minimum Gasteiger partial charge on any atom is -0.442 e. The summed E-state index contributed by atoms with van der Waals surface area (Å²) >= 11 is 0. The van der Waals surface area contributed by atoms with E-state index in [4.69, 9.17) is 4.74 Å². The number of halogens is 1. The molecular formula is C31H31FN6O3. The third-order valence-corrected chi connectivity index (χ3v) is 7.58. The average Bonchev–Trinajstić information content (AvgIpc) is 3.57. The maximum atomic E-state index is 15.3. The number of nitrogens with zero attached hydrogens (tertiary/aromatic N) is 4. The SMILES string of the molecule is CC(=O)NC[C@H]1CN(c2ccc(-c3ccc4c(c3)CCC(Cc3cnnn3Cc3ccccc3)N4)c(F)c2)C(=O)O1. The summed E-state index contributed by atoms with van der Waals surface area (Å²) in [4.78, 5) is 24.9. The molecule has 10 heteroatoms. The fourth-order valence-electron chi connectivity index (χ4n) is 5.47. The van der Waals surface area contributed by atoms with Gasteiger partial charge in [0.15, 0.2) is 0 Å². The lowest BCUT2D eigenvalue weighted by atomic mass is 9.92. The highest BCUT2D eigenvalue weighted by Gasteiger charge is 2.33. The van der Waals surface area contributed by atoms with Gasteiger partial charge < -0.3 is 15.4 Å². The van der Waals surface area contributed by atoms with Gasteiger partial charge in [0, 0.05) is 30.6 Å². The summed E-state index contributed by atoms with van der Waals surface area (Å²) in [5, 5.41) is 14.7. The maximum Gasteiger partial charge on any atom is 0.414 e. The van der Waals surface area contributed by atoms with E-state index < -0.39 is 18.0 Å². The molecule has 2 aliphatic rings. The second-order valence-corrected chi connectivity index (χ2v) is 10.5. The summed E-state index contributed by atoms with van der Waals surface area (Å²) in [7, 11) is 0. The molecule has 2 amide bonds. The fraction of sp³-hybridized carbons (Fsp3) is 0.290. The predicted octanol–water partition coefficient (Wildman–Crippen LogP) is 4.56. The molecular weight excluding hydrogens is 523 g/mol. The summed E-state index contributed by atoms with van der Waals surface area (Å²) in [6, 6.07) is 21.2. The molecule has 0 radical (unpaired) electrons. The molecule has 0 spiro atoms. The van der Waals surface area contributed by atoms with Gasteiger partial charge in [-0.15, -0.1) is 5.10 Å². The molecule has 210 valence electrons. The summed E-state index contributed by atoms with van der Waals surface area (Å²) in [6.45, 7) is 2.55. The second kappa shape index (κ2) is 11.4. The Morgan fingerprint density at radius 3 is 2.80 bits per heavy atom. The van der Waals surface area contributed by atoms with Gasteiger partial charge in [0.05, 0.1) is 37.2 Å². The molecule has 6 rings (SSSR count). The monoisotopic (exact) mass is 554 g/mol. The van der Waals surface area contributed by atoms with Crippen molar-refractivity contribution in [1.82, 2.24) is 20.3 Å². The minimum atomic E-state index is -0.555. The Bertz CT molecular complexity index is 1570. The van der Waals surface area contributed by atoms with Crippen LogP contribution < -0.4 is 15.5 Å². The van der Waals surface area contributed by atoms with Gasteiger partial charge in [-0.2, -0.15) is 0 Å². The zero-order valence-electron chi connectivity index (χ0n) is 22.7. The molecule has 0 aliphatic carbocycles. The van der Waals surface area contributed by atoms with Gasteiger partial charge in [-0.3, -0.25) is 9.69 Å². The van der Waals surface area contributed by atoms with E-state index in [1.165, 1.54) is 23.5 Å². The third kappa shape index (κ3) is 5.91. The Balaban J connectivity index is 1.11. The number of carbonyl (C=O) groups excluding carboxylic acids is 2. The number of benzene rings is 3. The standard InChI is InChI=1S/C31H31FN6O3/c1-20(39)33-17-27-19-37(31(40)41-27)25-10-11-28(29(32)15-25)22-8-12-30-23(13-22)7-9-24(35-30)14-26-16-34-36-38(26)18-21-5-3-2-4-6-21/h2-6,8,10-13,15-16,24,27,35H,7,9,14,17-19H2,1H3,(H,33,39)/t24?,27-/m0/s1. The van der Waals surface area contributed by atoms with E-state index in [1.807, 2.05) is 47.3 Å². The zero-order valence-corrected chi connectivity index (χ0v) is 22.7. The van der Waals surface area contributed by atoms with E-state index in [-0.39, 0.29) is 25.0 Å². The first-order valence-electron chi connectivity index (χ1n) is 13.8. The number of anilines is 2. The van der Waals surface area contributed by atoms with Crippen molar-refractivity contribution in [3.63, 3.8) is 0 Å². The van der Waals surface area contributed by atoms with Crippen LogP contribution in [0.3, 0.4) is 0 Å². The smallest absolute Gasteiger partial charge is 0.414 e. The number of rotatable bonds is 8. The molecule has 4 aromatic rings. The molecule has 2 atom stereocenters. The first-order chi connectivity index (χ1) is 19.9. The van der Waals surface area contributed by atoms with E-state index >= 15 is 4.39 Å². The number of ether oxygens (including phenoxy) is 1. The maximum absolute atomic E-state index is 15.3. The summed E-state index contributed by atoms with van der Waals surface area (Å²) < 4.78 is 22.6. The number of aryl methyl sites for hydroxylation is 1. The molecule has 1 saturated heterocycles. The van der Waals surface area contributed by atoms with Crippen molar-refractivity contribution >= 4 is 23.4 Å². The largest absolute Gasteiger partial charge is 0.442 e. The number of aromatic nitrogens is 3. The molecule has 1 aromatic heterocycles. The number of hydrogen-bond acceptors (Lipinski definition) is 6. The van der Waals surface area contributed by atoms with Crippen LogP contribution in [0.2, 0.25) is 0 Å². The molecule has 2 aliphatic heterocycles. The molecule has 3 heterocycles. The Kier molecular flexibility index (Phi) is 7.37. The Morgan fingerprint density at radius 2 is 2.00 bits per heavy atom. The van der Waals surface area contributed by atoms with Crippen LogP contribution in [0, 0.1) is 5.82 Å². The van der Waals surface area contributed by atoms with Crippen LogP contribution in [0.25, 0.3) is 11.1 Å². The molecule has 41 heavy (non-hydrogen) atoms. The van der Waals surface area contributed by atoms with Gasteiger partial charge in [0.1, 0.15) is 11.9 Å². The molecule has 0 bridgehead atoms. The van der Waals surface area contributed by atoms with Crippen molar-refractivity contribution < 1.29 is 18.7 Å². The lowest BCUT2D eigenvalue weighted by Crippen LogP contribution is -2.33. The Labute approximate surface area is 237 Å². The van der Waals surface area contributed by atoms with E-state index in [0.717, 1.165) is 41.8 Å². The summed E-state index contributed by atoms with van der Waals surface area (Å²) in [5.41, 5.74) is 6.13. The lowest BCUT2D eigenvalue weighted by Gasteiger charge is -2.27. The molecule has 0 saturated carbocycles. The number of carbonyl (C=O) groups is 2. The van der Waals surface area contributed by atoms with Crippen molar-refractivity contribution in [3.8, 4) is 11.1 Å². The van der Waals surface area contributed by atoms with Gasteiger partial charge in [0.2, 0.25) is 5.91 Å². The summed E-state index contributed by atoms with van der Waals surface area (Å²) in [6.07, 6.45) is 3.41. The van der Waals surface area contributed by atoms with Gasteiger partial charge >= 0.3 is 6.09 Å². The van der Waals surface area contributed by atoms with Crippen molar-refractivity contribution in [2.24, 2.45) is 0 Å². The van der Waals surface area contributed by atoms with E-state index in [2.05, 4.69) is 33.1 Å². The number of cyclic esters (lactones) is 1. The first-order valence-corrected chi connectivity index (χ1v) is 13.8. The average molecular weight is 555 g/mol. The van der Waals surface area contributed by atoms with Gasteiger partial charge in [-0.1, -0.05) is 41.6 Å². The fourth-order valence-corrected chi connectivity index (χ4v) is 5.47. The number of hydrogen-bond donors (Lipinski definition) is 2. The molecule has 3 aromatic carbocycles. The Hall–Kier alpha value is -4.73. The van der Waals surface area contributed by atoms with Crippen LogP contribution in [-0.4, -0.2) is 52.2 Å². The molecule has 1 fully saturated rings. The summed E-state index contributed by atoms with van der Waals surface area (Å²) in [5.74, 6) is -0.615. The van der Waals surface area contributed by atoms with E-state index in [9.17, 15) is 9.59 Å². The molecule has 9 nitrogen and oxygen atoms in total. The molecule has 2 N–H and O–H groups in total. The highest BCUT2D eigenvalue weighted by molar-refractivity contribution is 5.90. The van der Waals surface area contributed by atoms with Crippen molar-refractivity contribution in [1.29, 1.82) is 0 Å². The van der Waals surface area contributed by atoms with Crippen molar-refractivity contribution in [3.05, 3.63) is 95.6 Å². The normalized spacial score (nSPS) is 18.0. The predicted molar refractivity (Wildman–Crippen MR) is 153 cm³/mol. The van der Waals surface area contributed by atoms with Crippen LogP contribution in [0.5, 0.6) is 0 Å². The van der Waals surface area contributed by atoms with Crippen LogP contribution in [0.15, 0.2) is 72.9 Å².